The Bertz CT molecular complexity index is 460. The molecule has 15 heavy (non-hydrogen) atoms. The predicted molar refractivity (Wildman–Crippen MR) is 66.6 cm³/mol. The van der Waals surface area contributed by atoms with Crippen molar-refractivity contribution in [1.29, 1.82) is 0 Å². The first kappa shape index (κ1) is 10.2. The van der Waals surface area contributed by atoms with Gasteiger partial charge in [-0.2, -0.15) is 0 Å². The van der Waals surface area contributed by atoms with Crippen LogP contribution in [0, 0.1) is 6.92 Å². The molecule has 2 rings (SSSR count). The van der Waals surface area contributed by atoms with E-state index in [-0.39, 0.29) is 0 Å². The third-order valence-corrected chi connectivity index (χ3v) is 3.24. The summed E-state index contributed by atoms with van der Waals surface area (Å²) in [5.74, 6) is 0. The molecule has 1 aromatic carbocycles. The molecular weight excluding hydrogens is 204 g/mol. The third kappa shape index (κ3) is 2.18. The Balaban J connectivity index is 2.41. The highest BCUT2D eigenvalue weighted by Crippen LogP contribution is 2.26. The monoisotopic (exact) mass is 218 g/mol. The number of nitrogens with zero attached hydrogens (tertiary/aromatic N) is 2. The van der Waals surface area contributed by atoms with Gasteiger partial charge in [0.25, 0.3) is 0 Å². The number of hydrogen-bond donors (Lipinski definition) is 0. The molecule has 0 saturated carbocycles. The summed E-state index contributed by atoms with van der Waals surface area (Å²) in [4.78, 5) is 6.58. The maximum Gasteiger partial charge on any atom is 0.123 e. The zero-order chi connectivity index (χ0) is 10.8. The van der Waals surface area contributed by atoms with E-state index >= 15 is 0 Å². The Morgan fingerprint density at radius 2 is 2.07 bits per heavy atom. The van der Waals surface area contributed by atoms with Crippen molar-refractivity contribution in [1.82, 2.24) is 4.98 Å². The van der Waals surface area contributed by atoms with Gasteiger partial charge >= 0.3 is 0 Å². The van der Waals surface area contributed by atoms with Gasteiger partial charge in [-0.25, -0.2) is 4.98 Å². The molecule has 0 atom stereocenters. The van der Waals surface area contributed by atoms with Crippen molar-refractivity contribution < 1.29 is 0 Å². The first-order valence-electron chi connectivity index (χ1n) is 4.87. The SMILES string of the molecule is Cc1csc(-c2cccc(N(C)C)c2)n1. The van der Waals surface area contributed by atoms with Crippen LogP contribution in [-0.2, 0) is 0 Å². The van der Waals surface area contributed by atoms with Crippen LogP contribution >= 0.6 is 11.3 Å². The van der Waals surface area contributed by atoms with Crippen molar-refractivity contribution in [2.24, 2.45) is 0 Å². The highest BCUT2D eigenvalue weighted by Gasteiger charge is 2.03. The second-order valence-electron chi connectivity index (χ2n) is 3.74. The van der Waals surface area contributed by atoms with Crippen LogP contribution < -0.4 is 4.90 Å². The average Bonchev–Trinajstić information content (AvgIpc) is 2.65. The molecular formula is C12H14N2S. The van der Waals surface area contributed by atoms with Crippen LogP contribution in [-0.4, -0.2) is 19.1 Å². The van der Waals surface area contributed by atoms with Gasteiger partial charge in [0.15, 0.2) is 0 Å². The number of benzene rings is 1. The number of hydrogen-bond acceptors (Lipinski definition) is 3. The van der Waals surface area contributed by atoms with Gasteiger partial charge in [0.05, 0.1) is 0 Å². The van der Waals surface area contributed by atoms with E-state index < -0.39 is 0 Å². The van der Waals surface area contributed by atoms with Crippen LogP contribution in [0.1, 0.15) is 5.69 Å². The molecule has 0 aliphatic carbocycles. The van der Waals surface area contributed by atoms with Crippen LogP contribution in [0.5, 0.6) is 0 Å². The van der Waals surface area contributed by atoms with Crippen LogP contribution in [0.15, 0.2) is 29.6 Å². The van der Waals surface area contributed by atoms with Crippen molar-refractivity contribution in [3.63, 3.8) is 0 Å². The van der Waals surface area contributed by atoms with E-state index in [9.17, 15) is 0 Å². The smallest absolute Gasteiger partial charge is 0.123 e. The molecule has 0 unspecified atom stereocenters. The topological polar surface area (TPSA) is 16.1 Å². The van der Waals surface area contributed by atoms with E-state index in [0.29, 0.717) is 0 Å². The molecule has 0 N–H and O–H groups in total. The van der Waals surface area contributed by atoms with Gasteiger partial charge < -0.3 is 4.90 Å². The maximum absolute atomic E-state index is 4.48. The van der Waals surface area contributed by atoms with Crippen LogP contribution in [0.2, 0.25) is 0 Å². The summed E-state index contributed by atoms with van der Waals surface area (Å²) < 4.78 is 0. The van der Waals surface area contributed by atoms with Crippen LogP contribution in [0.25, 0.3) is 10.6 Å². The van der Waals surface area contributed by atoms with Crippen molar-refractivity contribution in [3.8, 4) is 10.6 Å². The molecule has 0 spiro atoms. The van der Waals surface area contributed by atoms with E-state index in [2.05, 4.69) is 39.5 Å². The quantitative estimate of drug-likeness (QED) is 0.769. The van der Waals surface area contributed by atoms with Gasteiger partial charge in [0.2, 0.25) is 0 Å². The zero-order valence-electron chi connectivity index (χ0n) is 9.19. The number of rotatable bonds is 2. The molecule has 0 bridgehead atoms. The first-order chi connectivity index (χ1) is 7.16. The molecule has 78 valence electrons. The molecule has 0 aliphatic heterocycles. The van der Waals surface area contributed by atoms with Gasteiger partial charge in [-0.1, -0.05) is 12.1 Å². The molecule has 0 aliphatic rings. The number of thiazole rings is 1. The van der Waals surface area contributed by atoms with Crippen molar-refractivity contribution >= 4 is 17.0 Å². The molecule has 2 aromatic rings. The lowest BCUT2D eigenvalue weighted by Crippen LogP contribution is -2.08. The van der Waals surface area contributed by atoms with Gasteiger partial charge in [-0.05, 0) is 19.1 Å². The largest absolute Gasteiger partial charge is 0.378 e. The molecule has 1 aromatic heterocycles. The minimum absolute atomic E-state index is 1.09. The van der Waals surface area contributed by atoms with E-state index in [1.54, 1.807) is 11.3 Å². The number of anilines is 1. The summed E-state index contributed by atoms with van der Waals surface area (Å²) in [6.07, 6.45) is 0. The van der Waals surface area contributed by atoms with Crippen LogP contribution in [0.4, 0.5) is 5.69 Å². The minimum atomic E-state index is 1.09. The second kappa shape index (κ2) is 4.03. The highest BCUT2D eigenvalue weighted by molar-refractivity contribution is 7.13. The standard InChI is InChI=1S/C12H14N2S/c1-9-8-15-12(13-9)10-5-4-6-11(7-10)14(2)3/h4-8H,1-3H3. The fourth-order valence-corrected chi connectivity index (χ4v) is 2.20. The summed E-state index contributed by atoms with van der Waals surface area (Å²) in [6.45, 7) is 2.02. The predicted octanol–water partition coefficient (Wildman–Crippen LogP) is 3.18. The Kier molecular flexibility index (Phi) is 2.73. The Morgan fingerprint density at radius 1 is 1.27 bits per heavy atom. The maximum atomic E-state index is 4.48. The summed E-state index contributed by atoms with van der Waals surface area (Å²) in [5, 5.41) is 3.17. The van der Waals surface area contributed by atoms with Crippen molar-refractivity contribution in [2.75, 3.05) is 19.0 Å². The molecule has 1 heterocycles. The van der Waals surface area contributed by atoms with E-state index in [1.807, 2.05) is 21.0 Å². The molecule has 3 heteroatoms. The summed E-state index contributed by atoms with van der Waals surface area (Å²) in [5.41, 5.74) is 3.49. The summed E-state index contributed by atoms with van der Waals surface area (Å²) >= 11 is 1.69. The lowest BCUT2D eigenvalue weighted by atomic mass is 10.2. The summed E-state index contributed by atoms with van der Waals surface area (Å²) in [7, 11) is 4.10. The third-order valence-electron chi connectivity index (χ3n) is 2.23. The fraction of sp³-hybridized carbons (Fsp3) is 0.250. The van der Waals surface area contributed by atoms with Gasteiger partial charge in [-0.15, -0.1) is 11.3 Å². The first-order valence-corrected chi connectivity index (χ1v) is 5.74. The molecule has 0 radical (unpaired) electrons. The molecule has 0 saturated heterocycles. The average molecular weight is 218 g/mol. The van der Waals surface area contributed by atoms with Gasteiger partial charge in [0.1, 0.15) is 5.01 Å². The van der Waals surface area contributed by atoms with E-state index in [0.717, 1.165) is 10.7 Å². The minimum Gasteiger partial charge on any atom is -0.378 e. The van der Waals surface area contributed by atoms with Crippen molar-refractivity contribution in [2.45, 2.75) is 6.92 Å². The molecule has 2 nitrogen and oxygen atoms in total. The Hall–Kier alpha value is -1.35. The lowest BCUT2D eigenvalue weighted by Gasteiger charge is -2.12. The molecule has 0 amide bonds. The van der Waals surface area contributed by atoms with Crippen LogP contribution in [0.3, 0.4) is 0 Å². The second-order valence-corrected chi connectivity index (χ2v) is 4.60. The Morgan fingerprint density at radius 3 is 2.67 bits per heavy atom. The normalized spacial score (nSPS) is 10.3. The lowest BCUT2D eigenvalue weighted by molar-refractivity contribution is 1.13. The van der Waals surface area contributed by atoms with Gasteiger partial charge in [0, 0.05) is 36.4 Å². The van der Waals surface area contributed by atoms with E-state index in [1.165, 1.54) is 11.3 Å². The van der Waals surface area contributed by atoms with E-state index in [4.69, 9.17) is 0 Å². The van der Waals surface area contributed by atoms with Crippen molar-refractivity contribution in [3.05, 3.63) is 35.3 Å². The Labute approximate surface area is 94.2 Å². The highest BCUT2D eigenvalue weighted by atomic mass is 32.1. The zero-order valence-corrected chi connectivity index (χ0v) is 10.0. The summed E-state index contributed by atoms with van der Waals surface area (Å²) in [6, 6.07) is 8.44. The number of aryl methyl sites for hydroxylation is 1. The molecule has 0 fully saturated rings. The van der Waals surface area contributed by atoms with Gasteiger partial charge in [-0.3, -0.25) is 0 Å². The number of aromatic nitrogens is 1. The fourth-order valence-electron chi connectivity index (χ4n) is 1.40.